The molecule has 0 aromatic heterocycles. The van der Waals surface area contributed by atoms with Gasteiger partial charge in [0.2, 0.25) is 0 Å². The number of nitrogens with zero attached hydrogens (tertiary/aromatic N) is 1. The minimum atomic E-state index is -0.0922. The van der Waals surface area contributed by atoms with E-state index in [-0.39, 0.29) is 11.5 Å². The molecule has 1 N–H and O–H groups in total. The van der Waals surface area contributed by atoms with E-state index in [1.54, 1.807) is 0 Å². The average Bonchev–Trinajstić information content (AvgIpc) is 2.43. The second-order valence-electron chi connectivity index (χ2n) is 4.39. The van der Waals surface area contributed by atoms with Crippen LogP contribution in [0.5, 0.6) is 0 Å². The molecule has 76 valence electrons. The van der Waals surface area contributed by atoms with Crippen LogP contribution in [0.2, 0.25) is 0 Å². The van der Waals surface area contributed by atoms with Gasteiger partial charge in [0, 0.05) is 0 Å². The normalized spacial score (nSPS) is 43.1. The third-order valence-corrected chi connectivity index (χ3v) is 5.87. The minimum absolute atomic E-state index is 0.0922. The molecule has 2 rings (SSSR count). The van der Waals surface area contributed by atoms with E-state index in [1.165, 1.54) is 29.9 Å². The number of likely N-dealkylation sites (tertiary alicyclic amines) is 1. The first-order chi connectivity index (χ1) is 6.70. The Kier molecular flexibility index (Phi) is 4.29. The van der Waals surface area contributed by atoms with Gasteiger partial charge in [-0.15, -0.1) is 0 Å². The van der Waals surface area contributed by atoms with Crippen molar-refractivity contribution in [3.8, 4) is 0 Å². The number of ether oxygens (including phenoxy) is 1. The Morgan fingerprint density at radius 1 is 1.43 bits per heavy atom. The SMILES string of the molecule is OC1CN([CH2][Pb])CC12CC(O[CH2][Pb])C2. The Morgan fingerprint density at radius 2 is 2.14 bits per heavy atom. The van der Waals surface area contributed by atoms with Gasteiger partial charge in [0.15, 0.2) is 0 Å². The predicted molar refractivity (Wildman–Crippen MR) is 55.4 cm³/mol. The van der Waals surface area contributed by atoms with Gasteiger partial charge in [0.05, 0.1) is 0 Å². The molecule has 6 radical (unpaired) electrons. The second-order valence-corrected chi connectivity index (χ2v) is 6.74. The zero-order chi connectivity index (χ0) is 10.2. The van der Waals surface area contributed by atoms with Crippen molar-refractivity contribution in [1.29, 1.82) is 0 Å². The molecule has 14 heavy (non-hydrogen) atoms. The molecule has 0 aromatic rings. The molecule has 5 heteroatoms. The summed E-state index contributed by atoms with van der Waals surface area (Å²) < 4.78 is 7.77. The van der Waals surface area contributed by atoms with Gasteiger partial charge in [-0.3, -0.25) is 0 Å². The van der Waals surface area contributed by atoms with Crippen molar-refractivity contribution in [2.75, 3.05) is 21.4 Å². The Bertz CT molecular complexity index is 209. The van der Waals surface area contributed by atoms with Gasteiger partial charge in [-0.1, -0.05) is 0 Å². The van der Waals surface area contributed by atoms with Gasteiger partial charge in [0.1, 0.15) is 0 Å². The molecular weight excluding hydrogens is 569 g/mol. The van der Waals surface area contributed by atoms with Crippen LogP contribution in [0.3, 0.4) is 0 Å². The molecule has 1 unspecified atom stereocenters. The molecule has 0 bridgehead atoms. The molecule has 1 aliphatic carbocycles. The van der Waals surface area contributed by atoms with Crippen LogP contribution in [0, 0.1) is 5.41 Å². The molecule has 1 aliphatic heterocycles. The molecule has 2 aliphatic rings. The number of hydrogen-bond donors (Lipinski definition) is 1. The summed E-state index contributed by atoms with van der Waals surface area (Å²) in [5.74, 6) is 0. The molecule has 1 atom stereocenters. The number of β-amino-alcohol motifs (C(OH)–C–C–N with tert-alkyl or cyclic N) is 1. The summed E-state index contributed by atoms with van der Waals surface area (Å²) in [6.07, 6.45) is 2.55. The van der Waals surface area contributed by atoms with Crippen molar-refractivity contribution in [1.82, 2.24) is 4.90 Å². The van der Waals surface area contributed by atoms with E-state index in [4.69, 9.17) is 4.74 Å². The Balaban J connectivity index is 1.87. The molecule has 3 nitrogen and oxygen atoms in total. The van der Waals surface area contributed by atoms with E-state index < -0.39 is 0 Å². The van der Waals surface area contributed by atoms with Crippen LogP contribution in [0.25, 0.3) is 0 Å². The molecule has 0 amide bonds. The van der Waals surface area contributed by atoms with Crippen LogP contribution >= 0.6 is 0 Å². The van der Waals surface area contributed by atoms with Crippen LogP contribution in [0.4, 0.5) is 0 Å². The summed E-state index contributed by atoms with van der Waals surface area (Å²) in [5.41, 5.74) is 0.214. The van der Waals surface area contributed by atoms with Crippen LogP contribution in [0.1, 0.15) is 12.8 Å². The Hall–Kier alpha value is 1.72. The standard InChI is InChI=1S/C9H15NO2.2Pb/c1-10-5-8(11)9(6-10)3-7(4-9)12-2;;/h7-8,11H,1-6H2;;. The van der Waals surface area contributed by atoms with Gasteiger partial charge in [-0.25, -0.2) is 0 Å². The molecule has 2 fully saturated rings. The summed E-state index contributed by atoms with van der Waals surface area (Å²) in [5, 5.41) is 10.0. The summed E-state index contributed by atoms with van der Waals surface area (Å²) in [4.78, 5) is 2.41. The molecule has 1 saturated heterocycles. The van der Waals surface area contributed by atoms with Gasteiger partial charge in [0.25, 0.3) is 0 Å². The van der Waals surface area contributed by atoms with E-state index >= 15 is 0 Å². The summed E-state index contributed by atoms with van der Waals surface area (Å²) in [6, 6.07) is 0. The van der Waals surface area contributed by atoms with E-state index in [2.05, 4.69) is 4.90 Å². The fourth-order valence-corrected chi connectivity index (χ4v) is 4.51. The quantitative estimate of drug-likeness (QED) is 0.437. The average molecular weight is 584 g/mol. The molecule has 1 spiro atoms. The number of aliphatic hydroxyl groups excluding tert-OH is 1. The van der Waals surface area contributed by atoms with Crippen LogP contribution < -0.4 is 0 Å². The van der Waals surface area contributed by atoms with Crippen molar-refractivity contribution in [2.45, 2.75) is 25.0 Å². The topological polar surface area (TPSA) is 32.7 Å². The van der Waals surface area contributed by atoms with E-state index in [9.17, 15) is 5.11 Å². The first-order valence-corrected chi connectivity index (χ1v) is 10.5. The molecule has 1 saturated carbocycles. The van der Waals surface area contributed by atoms with Crippen LogP contribution in [-0.4, -0.2) is 95.1 Å². The number of aliphatic hydroxyl groups is 1. The summed E-state index contributed by atoms with van der Waals surface area (Å²) >= 11 is 2.34. The summed E-state index contributed by atoms with van der Waals surface area (Å²) in [6.45, 7) is 2.01. The third kappa shape index (κ3) is 2.21. The van der Waals surface area contributed by atoms with E-state index in [1.807, 2.05) is 0 Å². The van der Waals surface area contributed by atoms with Crippen molar-refractivity contribution in [3.05, 3.63) is 0 Å². The molecule has 0 aromatic carbocycles. The zero-order valence-corrected chi connectivity index (χ0v) is 16.0. The Morgan fingerprint density at radius 3 is 2.64 bits per heavy atom. The van der Waals surface area contributed by atoms with E-state index in [0.717, 1.165) is 55.9 Å². The fourth-order valence-electron chi connectivity index (χ4n) is 2.66. The van der Waals surface area contributed by atoms with Gasteiger partial charge >= 0.3 is 118 Å². The van der Waals surface area contributed by atoms with Gasteiger partial charge in [-0.2, -0.15) is 0 Å². The number of hydrogen-bond acceptors (Lipinski definition) is 3. The molecular formula is C9H15NO2Pb2. The first kappa shape index (κ1) is 12.2. The number of rotatable bonds is 3. The second kappa shape index (κ2) is 4.93. The third-order valence-electron chi connectivity index (χ3n) is 3.49. The van der Waals surface area contributed by atoms with Crippen molar-refractivity contribution >= 4 is 51.5 Å². The maximum atomic E-state index is 10.0. The maximum absolute atomic E-state index is 10.0. The van der Waals surface area contributed by atoms with Crippen molar-refractivity contribution < 1.29 is 9.84 Å². The monoisotopic (exact) mass is 585 g/mol. The van der Waals surface area contributed by atoms with Gasteiger partial charge < -0.3 is 0 Å². The van der Waals surface area contributed by atoms with Crippen molar-refractivity contribution in [3.63, 3.8) is 0 Å². The van der Waals surface area contributed by atoms with Crippen LogP contribution in [-0.2, 0) is 4.74 Å². The fraction of sp³-hybridized carbons (Fsp3) is 1.00. The van der Waals surface area contributed by atoms with E-state index in [0.29, 0.717) is 6.10 Å². The Labute approximate surface area is 117 Å². The summed E-state index contributed by atoms with van der Waals surface area (Å²) in [7, 11) is 0. The first-order valence-electron chi connectivity index (χ1n) is 5.01. The van der Waals surface area contributed by atoms with Crippen LogP contribution in [0.15, 0.2) is 0 Å². The van der Waals surface area contributed by atoms with Gasteiger partial charge in [-0.05, 0) is 0 Å². The predicted octanol–water partition coefficient (Wildman–Crippen LogP) is -0.920. The van der Waals surface area contributed by atoms with Crippen molar-refractivity contribution in [2.24, 2.45) is 5.41 Å². The zero-order valence-electron chi connectivity index (χ0n) is 8.20. The molecule has 1 heterocycles.